The lowest BCUT2D eigenvalue weighted by Gasteiger charge is -2.39. The summed E-state index contributed by atoms with van der Waals surface area (Å²) < 4.78 is 5.02. The lowest BCUT2D eigenvalue weighted by Crippen LogP contribution is -2.54. The molecule has 0 aromatic heterocycles. The summed E-state index contributed by atoms with van der Waals surface area (Å²) in [4.78, 5) is 43.8. The van der Waals surface area contributed by atoms with E-state index in [2.05, 4.69) is 4.90 Å². The summed E-state index contributed by atoms with van der Waals surface area (Å²) in [5.41, 5.74) is 0. The summed E-state index contributed by atoms with van der Waals surface area (Å²) in [5, 5.41) is 0. The highest BCUT2D eigenvalue weighted by Gasteiger charge is 2.31. The Kier molecular flexibility index (Phi) is 7.04. The molecule has 2 aliphatic rings. The van der Waals surface area contributed by atoms with Gasteiger partial charge < -0.3 is 24.3 Å². The molecule has 0 radical (unpaired) electrons. The summed E-state index contributed by atoms with van der Waals surface area (Å²) in [6.07, 6.45) is 1.05. The van der Waals surface area contributed by atoms with Crippen LogP contribution in [-0.4, -0.2) is 103 Å². The number of ether oxygens (including phenoxy) is 1. The van der Waals surface area contributed by atoms with Gasteiger partial charge in [0.2, 0.25) is 11.8 Å². The van der Waals surface area contributed by atoms with Gasteiger partial charge in [0.05, 0.1) is 13.2 Å². The van der Waals surface area contributed by atoms with Crippen LogP contribution in [0.3, 0.4) is 0 Å². The monoisotopic (exact) mass is 354 g/mol. The van der Waals surface area contributed by atoms with Gasteiger partial charge in [0.15, 0.2) is 0 Å². The molecule has 2 heterocycles. The largest absolute Gasteiger partial charge is 0.450 e. The SMILES string of the molecule is CCOC(=O)N1CCC(N(CC(=O)N2CCN(C)CC2)C(C)=O)CC1. The first-order chi connectivity index (χ1) is 11.9. The molecule has 0 aromatic carbocycles. The van der Waals surface area contributed by atoms with Crippen LogP contribution in [0.5, 0.6) is 0 Å². The van der Waals surface area contributed by atoms with Gasteiger partial charge in [0.25, 0.3) is 0 Å². The van der Waals surface area contributed by atoms with Crippen LogP contribution >= 0.6 is 0 Å². The number of hydrogen-bond donors (Lipinski definition) is 0. The van der Waals surface area contributed by atoms with Crippen LogP contribution in [0.25, 0.3) is 0 Å². The predicted molar refractivity (Wildman–Crippen MR) is 93.1 cm³/mol. The third kappa shape index (κ3) is 5.32. The normalized spacial score (nSPS) is 19.6. The Morgan fingerprint density at radius 2 is 1.60 bits per heavy atom. The van der Waals surface area contributed by atoms with E-state index in [1.54, 1.807) is 16.7 Å². The average molecular weight is 354 g/mol. The molecule has 25 heavy (non-hydrogen) atoms. The van der Waals surface area contributed by atoms with Crippen molar-refractivity contribution in [1.29, 1.82) is 0 Å². The number of hydrogen-bond acceptors (Lipinski definition) is 5. The van der Waals surface area contributed by atoms with E-state index in [9.17, 15) is 14.4 Å². The molecule has 0 saturated carbocycles. The fourth-order valence-electron chi connectivity index (χ4n) is 3.37. The molecule has 3 amide bonds. The maximum absolute atomic E-state index is 12.5. The number of carbonyl (C=O) groups is 3. The Morgan fingerprint density at radius 1 is 1.00 bits per heavy atom. The molecule has 0 N–H and O–H groups in total. The molecule has 142 valence electrons. The molecule has 8 heteroatoms. The first-order valence-electron chi connectivity index (χ1n) is 9.07. The Balaban J connectivity index is 1.87. The molecule has 0 spiro atoms. The number of likely N-dealkylation sites (tertiary alicyclic amines) is 1. The summed E-state index contributed by atoms with van der Waals surface area (Å²) in [6, 6.07) is -0.000379. The molecule has 2 rings (SSSR count). The van der Waals surface area contributed by atoms with Crippen LogP contribution in [0.1, 0.15) is 26.7 Å². The summed E-state index contributed by atoms with van der Waals surface area (Å²) in [6.45, 7) is 8.03. The van der Waals surface area contributed by atoms with Gasteiger partial charge >= 0.3 is 6.09 Å². The zero-order chi connectivity index (χ0) is 18.4. The number of likely N-dealkylation sites (N-methyl/N-ethyl adjacent to an activating group) is 1. The van der Waals surface area contributed by atoms with E-state index in [1.807, 2.05) is 11.9 Å². The maximum atomic E-state index is 12.5. The van der Waals surface area contributed by atoms with Gasteiger partial charge in [0, 0.05) is 52.2 Å². The lowest BCUT2D eigenvalue weighted by molar-refractivity contribution is -0.143. The fourth-order valence-corrected chi connectivity index (χ4v) is 3.37. The standard InChI is InChI=1S/C17H30N4O4/c1-4-25-17(24)20-7-5-15(6-8-20)21(14(2)22)13-16(23)19-11-9-18(3)10-12-19/h15H,4-13H2,1-3H3. The van der Waals surface area contributed by atoms with Crippen molar-refractivity contribution in [3.63, 3.8) is 0 Å². The van der Waals surface area contributed by atoms with Crippen molar-refractivity contribution >= 4 is 17.9 Å². The topological polar surface area (TPSA) is 73.4 Å². The van der Waals surface area contributed by atoms with Gasteiger partial charge in [-0.1, -0.05) is 0 Å². The number of rotatable bonds is 4. The Hall–Kier alpha value is -1.83. The molecule has 2 fully saturated rings. The van der Waals surface area contributed by atoms with Crippen molar-refractivity contribution in [2.24, 2.45) is 0 Å². The maximum Gasteiger partial charge on any atom is 0.409 e. The summed E-state index contributed by atoms with van der Waals surface area (Å²) in [7, 11) is 2.04. The highest BCUT2D eigenvalue weighted by molar-refractivity contribution is 5.84. The van der Waals surface area contributed by atoms with Gasteiger partial charge in [-0.25, -0.2) is 4.79 Å². The molecule has 2 saturated heterocycles. The predicted octanol–water partition coefficient (Wildman–Crippen LogP) is 0.230. The van der Waals surface area contributed by atoms with E-state index in [1.165, 1.54) is 6.92 Å². The van der Waals surface area contributed by atoms with E-state index in [0.29, 0.717) is 45.6 Å². The van der Waals surface area contributed by atoms with Gasteiger partial charge in [-0.15, -0.1) is 0 Å². The van der Waals surface area contributed by atoms with Crippen molar-refractivity contribution in [3.05, 3.63) is 0 Å². The zero-order valence-corrected chi connectivity index (χ0v) is 15.6. The number of amides is 3. The van der Waals surface area contributed by atoms with Crippen LogP contribution in [0.4, 0.5) is 4.79 Å². The van der Waals surface area contributed by atoms with Crippen molar-refractivity contribution < 1.29 is 19.1 Å². The first kappa shape index (κ1) is 19.5. The van der Waals surface area contributed by atoms with Crippen molar-refractivity contribution in [3.8, 4) is 0 Å². The van der Waals surface area contributed by atoms with E-state index >= 15 is 0 Å². The Bertz CT molecular complexity index is 483. The fraction of sp³-hybridized carbons (Fsp3) is 0.824. The van der Waals surface area contributed by atoms with Crippen LogP contribution in [0.15, 0.2) is 0 Å². The molecular formula is C17H30N4O4. The molecule has 0 unspecified atom stereocenters. The summed E-state index contributed by atoms with van der Waals surface area (Å²) in [5.74, 6) is -0.0758. The summed E-state index contributed by atoms with van der Waals surface area (Å²) >= 11 is 0. The zero-order valence-electron chi connectivity index (χ0n) is 15.6. The highest BCUT2D eigenvalue weighted by atomic mass is 16.6. The lowest BCUT2D eigenvalue weighted by atomic mass is 10.0. The molecule has 0 atom stereocenters. The van der Waals surface area contributed by atoms with E-state index < -0.39 is 0 Å². The van der Waals surface area contributed by atoms with Crippen molar-refractivity contribution in [1.82, 2.24) is 19.6 Å². The second kappa shape index (κ2) is 9.03. The van der Waals surface area contributed by atoms with Gasteiger partial charge in [-0.05, 0) is 26.8 Å². The Morgan fingerprint density at radius 3 is 2.12 bits per heavy atom. The van der Waals surface area contributed by atoms with Crippen LogP contribution in [0.2, 0.25) is 0 Å². The molecule has 2 aliphatic heterocycles. The molecule has 0 bridgehead atoms. The van der Waals surface area contributed by atoms with E-state index in [4.69, 9.17) is 4.74 Å². The molecule has 0 aromatic rings. The average Bonchev–Trinajstić information content (AvgIpc) is 2.60. The van der Waals surface area contributed by atoms with Crippen molar-refractivity contribution in [2.75, 3.05) is 59.5 Å². The minimum atomic E-state index is -0.302. The second-order valence-corrected chi connectivity index (χ2v) is 6.75. The van der Waals surface area contributed by atoms with E-state index in [0.717, 1.165) is 13.1 Å². The van der Waals surface area contributed by atoms with Gasteiger partial charge in [0.1, 0.15) is 0 Å². The Labute approximate surface area is 149 Å². The molecular weight excluding hydrogens is 324 g/mol. The minimum absolute atomic E-state index is 0.000379. The van der Waals surface area contributed by atoms with Crippen LogP contribution in [-0.2, 0) is 14.3 Å². The molecule has 0 aliphatic carbocycles. The number of piperazine rings is 1. The van der Waals surface area contributed by atoms with Crippen LogP contribution < -0.4 is 0 Å². The number of nitrogens with zero attached hydrogens (tertiary/aromatic N) is 4. The van der Waals surface area contributed by atoms with Gasteiger partial charge in [-0.2, -0.15) is 0 Å². The third-order valence-corrected chi connectivity index (χ3v) is 5.00. The quantitative estimate of drug-likeness (QED) is 0.723. The smallest absolute Gasteiger partial charge is 0.409 e. The number of piperidine rings is 1. The molecule has 8 nitrogen and oxygen atoms in total. The third-order valence-electron chi connectivity index (χ3n) is 5.00. The second-order valence-electron chi connectivity index (χ2n) is 6.75. The first-order valence-corrected chi connectivity index (χ1v) is 9.07. The highest BCUT2D eigenvalue weighted by Crippen LogP contribution is 2.18. The van der Waals surface area contributed by atoms with Crippen molar-refractivity contribution in [2.45, 2.75) is 32.7 Å². The van der Waals surface area contributed by atoms with Gasteiger partial charge in [-0.3, -0.25) is 9.59 Å². The van der Waals surface area contributed by atoms with E-state index in [-0.39, 0.29) is 30.5 Å². The minimum Gasteiger partial charge on any atom is -0.450 e. The number of carbonyl (C=O) groups excluding carboxylic acids is 3. The van der Waals surface area contributed by atoms with Crippen LogP contribution in [0, 0.1) is 0 Å².